The summed E-state index contributed by atoms with van der Waals surface area (Å²) >= 11 is 1.75. The Kier molecular flexibility index (Phi) is 7.19. The number of aryl methyl sites for hydroxylation is 1. The zero-order valence-corrected chi connectivity index (χ0v) is 16.6. The van der Waals surface area contributed by atoms with Crippen LogP contribution >= 0.6 is 11.8 Å². The summed E-state index contributed by atoms with van der Waals surface area (Å²) in [5.41, 5.74) is 2.49. The Bertz CT molecular complexity index is 866. The normalized spacial score (nSPS) is 10.6. The van der Waals surface area contributed by atoms with Crippen molar-refractivity contribution in [3.05, 3.63) is 83.9 Å². The summed E-state index contributed by atoms with van der Waals surface area (Å²) in [5, 5.41) is 3.47. The number of methoxy groups -OCH3 is 1. The standard InChI is InChI=1S/C23H25NO2S/c1-18-7-5-10-21(15-18)26-14-13-24-17-19-8-3-4-12-23(19)27-22-11-6-9-20(16-22)25-2/h3-12,15-16,24H,13-14,17H2,1-2H3. The molecule has 0 radical (unpaired) electrons. The molecule has 0 unspecified atom stereocenters. The van der Waals surface area contributed by atoms with E-state index in [1.54, 1.807) is 18.9 Å². The Hall–Kier alpha value is -2.43. The fourth-order valence-corrected chi connectivity index (χ4v) is 3.70. The number of hydrogen-bond acceptors (Lipinski definition) is 4. The maximum absolute atomic E-state index is 5.79. The molecule has 3 nitrogen and oxygen atoms in total. The minimum Gasteiger partial charge on any atom is -0.497 e. The van der Waals surface area contributed by atoms with E-state index in [9.17, 15) is 0 Å². The smallest absolute Gasteiger partial charge is 0.119 e. The molecule has 4 heteroatoms. The average Bonchev–Trinajstić information content (AvgIpc) is 2.69. The van der Waals surface area contributed by atoms with Gasteiger partial charge in [0.25, 0.3) is 0 Å². The minimum absolute atomic E-state index is 0.647. The lowest BCUT2D eigenvalue weighted by molar-refractivity contribution is 0.313. The van der Waals surface area contributed by atoms with Crippen molar-refractivity contribution >= 4 is 11.8 Å². The predicted molar refractivity (Wildman–Crippen MR) is 112 cm³/mol. The van der Waals surface area contributed by atoms with Gasteiger partial charge < -0.3 is 14.8 Å². The summed E-state index contributed by atoms with van der Waals surface area (Å²) in [5.74, 6) is 1.80. The molecule has 3 aromatic carbocycles. The van der Waals surface area contributed by atoms with Crippen molar-refractivity contribution in [1.82, 2.24) is 5.32 Å². The van der Waals surface area contributed by atoms with E-state index in [0.717, 1.165) is 24.6 Å². The SMILES string of the molecule is COc1cccc(Sc2ccccc2CNCCOc2cccc(C)c2)c1. The van der Waals surface area contributed by atoms with E-state index < -0.39 is 0 Å². The number of nitrogens with one attached hydrogen (secondary N) is 1. The lowest BCUT2D eigenvalue weighted by Gasteiger charge is -2.12. The van der Waals surface area contributed by atoms with E-state index in [1.807, 2.05) is 24.3 Å². The molecule has 0 aliphatic heterocycles. The molecule has 0 spiro atoms. The van der Waals surface area contributed by atoms with Crippen molar-refractivity contribution in [3.8, 4) is 11.5 Å². The van der Waals surface area contributed by atoms with Crippen molar-refractivity contribution in [2.75, 3.05) is 20.3 Å². The summed E-state index contributed by atoms with van der Waals surface area (Å²) in [7, 11) is 1.69. The van der Waals surface area contributed by atoms with Crippen LogP contribution in [0.15, 0.2) is 82.6 Å². The Labute approximate surface area is 165 Å². The molecule has 0 aliphatic carbocycles. The Morgan fingerprint density at radius 3 is 2.56 bits per heavy atom. The maximum Gasteiger partial charge on any atom is 0.119 e. The van der Waals surface area contributed by atoms with Crippen molar-refractivity contribution in [2.24, 2.45) is 0 Å². The van der Waals surface area contributed by atoms with Gasteiger partial charge in [0.15, 0.2) is 0 Å². The van der Waals surface area contributed by atoms with Gasteiger partial charge in [-0.15, -0.1) is 0 Å². The molecule has 0 fully saturated rings. The fraction of sp³-hybridized carbons (Fsp3) is 0.217. The topological polar surface area (TPSA) is 30.5 Å². The quantitative estimate of drug-likeness (QED) is 0.510. The monoisotopic (exact) mass is 379 g/mol. The van der Waals surface area contributed by atoms with Gasteiger partial charge in [0, 0.05) is 22.9 Å². The number of rotatable bonds is 9. The molecule has 0 bridgehead atoms. The molecule has 0 amide bonds. The highest BCUT2D eigenvalue weighted by atomic mass is 32.2. The van der Waals surface area contributed by atoms with E-state index in [0.29, 0.717) is 6.61 Å². The summed E-state index contributed by atoms with van der Waals surface area (Å²) in [6.45, 7) is 4.33. The summed E-state index contributed by atoms with van der Waals surface area (Å²) in [4.78, 5) is 2.42. The Morgan fingerprint density at radius 2 is 1.70 bits per heavy atom. The minimum atomic E-state index is 0.647. The molecule has 0 aliphatic rings. The van der Waals surface area contributed by atoms with E-state index >= 15 is 0 Å². The van der Waals surface area contributed by atoms with E-state index in [1.165, 1.54) is 20.9 Å². The molecule has 27 heavy (non-hydrogen) atoms. The molecular formula is C23H25NO2S. The molecule has 0 aromatic heterocycles. The van der Waals surface area contributed by atoms with Crippen molar-refractivity contribution in [2.45, 2.75) is 23.3 Å². The molecule has 0 saturated carbocycles. The predicted octanol–water partition coefficient (Wildman–Crippen LogP) is 5.32. The molecule has 0 saturated heterocycles. The summed E-state index contributed by atoms with van der Waals surface area (Å²) in [6.07, 6.45) is 0. The molecule has 3 aromatic rings. The van der Waals surface area contributed by atoms with Crippen molar-refractivity contribution < 1.29 is 9.47 Å². The van der Waals surface area contributed by atoms with Crippen LogP contribution in [0.3, 0.4) is 0 Å². The highest BCUT2D eigenvalue weighted by Gasteiger charge is 2.05. The first-order valence-electron chi connectivity index (χ1n) is 9.04. The second-order valence-corrected chi connectivity index (χ2v) is 7.35. The summed E-state index contributed by atoms with van der Waals surface area (Å²) in [6, 6.07) is 24.8. The van der Waals surface area contributed by atoms with Crippen LogP contribution in [0.2, 0.25) is 0 Å². The first-order valence-corrected chi connectivity index (χ1v) is 9.86. The molecule has 1 N–H and O–H groups in total. The second kappa shape index (κ2) is 10.0. The zero-order chi connectivity index (χ0) is 18.9. The third-order valence-corrected chi connectivity index (χ3v) is 5.20. The Morgan fingerprint density at radius 1 is 0.889 bits per heavy atom. The van der Waals surface area contributed by atoms with Crippen LogP contribution in [-0.2, 0) is 6.54 Å². The van der Waals surface area contributed by atoms with Crippen LogP contribution in [0, 0.1) is 6.92 Å². The van der Waals surface area contributed by atoms with Gasteiger partial charge in [0.1, 0.15) is 18.1 Å². The highest BCUT2D eigenvalue weighted by Crippen LogP contribution is 2.32. The van der Waals surface area contributed by atoms with E-state index in [2.05, 4.69) is 60.8 Å². The zero-order valence-electron chi connectivity index (χ0n) is 15.8. The molecular weight excluding hydrogens is 354 g/mol. The van der Waals surface area contributed by atoms with Crippen LogP contribution in [0.1, 0.15) is 11.1 Å². The van der Waals surface area contributed by atoms with Crippen LogP contribution in [0.25, 0.3) is 0 Å². The third-order valence-electron chi connectivity index (χ3n) is 4.09. The largest absolute Gasteiger partial charge is 0.497 e. The molecule has 0 atom stereocenters. The van der Waals surface area contributed by atoms with Gasteiger partial charge in [-0.3, -0.25) is 0 Å². The molecule has 3 rings (SSSR count). The van der Waals surface area contributed by atoms with Crippen molar-refractivity contribution in [3.63, 3.8) is 0 Å². The van der Waals surface area contributed by atoms with Gasteiger partial charge in [-0.05, 0) is 54.4 Å². The summed E-state index contributed by atoms with van der Waals surface area (Å²) < 4.78 is 11.1. The van der Waals surface area contributed by atoms with Gasteiger partial charge in [0.2, 0.25) is 0 Å². The van der Waals surface area contributed by atoms with Gasteiger partial charge in [-0.1, -0.05) is 48.2 Å². The van der Waals surface area contributed by atoms with Crippen LogP contribution in [-0.4, -0.2) is 20.3 Å². The first kappa shape index (κ1) is 19.3. The second-order valence-electron chi connectivity index (χ2n) is 6.23. The fourth-order valence-electron chi connectivity index (χ4n) is 2.71. The Balaban J connectivity index is 1.51. The van der Waals surface area contributed by atoms with Crippen LogP contribution < -0.4 is 14.8 Å². The lowest BCUT2D eigenvalue weighted by Crippen LogP contribution is -2.20. The average molecular weight is 380 g/mol. The van der Waals surface area contributed by atoms with Crippen molar-refractivity contribution in [1.29, 1.82) is 0 Å². The van der Waals surface area contributed by atoms with Gasteiger partial charge in [-0.25, -0.2) is 0 Å². The van der Waals surface area contributed by atoms with E-state index in [4.69, 9.17) is 9.47 Å². The maximum atomic E-state index is 5.79. The number of benzene rings is 3. The highest BCUT2D eigenvalue weighted by molar-refractivity contribution is 7.99. The lowest BCUT2D eigenvalue weighted by atomic mass is 10.2. The third kappa shape index (κ3) is 6.05. The van der Waals surface area contributed by atoms with Gasteiger partial charge >= 0.3 is 0 Å². The number of hydrogen-bond donors (Lipinski definition) is 1. The van der Waals surface area contributed by atoms with Crippen LogP contribution in [0.4, 0.5) is 0 Å². The van der Waals surface area contributed by atoms with Gasteiger partial charge in [-0.2, -0.15) is 0 Å². The van der Waals surface area contributed by atoms with E-state index in [-0.39, 0.29) is 0 Å². The molecule has 140 valence electrons. The molecule has 0 heterocycles. The number of ether oxygens (including phenoxy) is 2. The van der Waals surface area contributed by atoms with Crippen LogP contribution in [0.5, 0.6) is 11.5 Å². The van der Waals surface area contributed by atoms with Gasteiger partial charge in [0.05, 0.1) is 7.11 Å². The first-order chi connectivity index (χ1) is 13.2.